The number of azo groups is 1. The zero-order valence-corrected chi connectivity index (χ0v) is 24.6. The van der Waals surface area contributed by atoms with Crippen LogP contribution in [0.15, 0.2) is 45.5 Å². The summed E-state index contributed by atoms with van der Waals surface area (Å²) in [4.78, 5) is 4.30. The van der Waals surface area contributed by atoms with E-state index < -0.39 is 32.0 Å². The molecule has 2 aromatic carbocycles. The molecule has 0 saturated heterocycles. The molecule has 0 fully saturated rings. The van der Waals surface area contributed by atoms with Crippen molar-refractivity contribution in [3.05, 3.63) is 30.3 Å². The van der Waals surface area contributed by atoms with E-state index in [4.69, 9.17) is 25.4 Å². The number of nitrogen functional groups attached to an aromatic ring is 2. The molecular weight excluding hydrogens is 538 g/mol. The van der Waals surface area contributed by atoms with Crippen LogP contribution in [-0.4, -0.2) is 45.4 Å². The number of benzene rings is 2. The van der Waals surface area contributed by atoms with Gasteiger partial charge in [0.05, 0.1) is 30.0 Å². The minimum Gasteiger partial charge on any atom is -0.744 e. The Morgan fingerprint density at radius 3 is 2.21 bits per heavy atom. The van der Waals surface area contributed by atoms with Gasteiger partial charge in [0.25, 0.3) is 0 Å². The Hall–Kier alpha value is -0.670. The number of hydrogen-bond donors (Lipinski definition) is 2. The van der Waals surface area contributed by atoms with Crippen molar-refractivity contribution in [3.8, 4) is 11.5 Å². The molecule has 2 aromatic rings. The van der Waals surface area contributed by atoms with Crippen LogP contribution < -0.4 is 80.2 Å². The minimum atomic E-state index is -4.86. The molecule has 0 aliphatic carbocycles. The molecule has 34 heavy (non-hydrogen) atoms. The van der Waals surface area contributed by atoms with Gasteiger partial charge in [0.15, 0.2) is 5.75 Å². The van der Waals surface area contributed by atoms with Crippen LogP contribution in [0.25, 0.3) is 0 Å². The molecular formula is C15H16N4Na2O10S3. The fourth-order valence-electron chi connectivity index (χ4n) is 2.08. The van der Waals surface area contributed by atoms with Crippen LogP contribution in [0.3, 0.4) is 0 Å². The first-order chi connectivity index (χ1) is 14.9. The molecule has 0 amide bonds. The molecule has 0 bridgehead atoms. The molecule has 0 saturated carbocycles. The number of hydrogen-bond acceptors (Lipinski definition) is 15. The topological polar surface area (TPSA) is 228 Å². The largest absolute Gasteiger partial charge is 1.00 e. The summed E-state index contributed by atoms with van der Waals surface area (Å²) >= 11 is 0.671. The zero-order valence-electron chi connectivity index (χ0n) is 18.2. The molecule has 0 aromatic heterocycles. The van der Waals surface area contributed by atoms with Gasteiger partial charge in [0.1, 0.15) is 27.2 Å². The predicted octanol–water partition coefficient (Wildman–Crippen LogP) is -4.38. The van der Waals surface area contributed by atoms with Crippen LogP contribution in [0, 0.1) is 0 Å². The van der Waals surface area contributed by atoms with Gasteiger partial charge in [-0.15, -0.1) is 14.6 Å². The Bertz CT molecular complexity index is 1210. The molecule has 0 aliphatic rings. The van der Waals surface area contributed by atoms with Crippen molar-refractivity contribution in [1.82, 2.24) is 0 Å². The second kappa shape index (κ2) is 14.8. The number of anilines is 2. The van der Waals surface area contributed by atoms with E-state index in [2.05, 4.69) is 14.4 Å². The molecule has 0 heterocycles. The summed E-state index contributed by atoms with van der Waals surface area (Å²) < 4.78 is 78.7. The van der Waals surface area contributed by atoms with Gasteiger partial charge in [-0.1, -0.05) is 0 Å². The maximum absolute atomic E-state index is 11.3. The van der Waals surface area contributed by atoms with Gasteiger partial charge in [0.2, 0.25) is 10.4 Å². The normalized spacial score (nSPS) is 11.5. The summed E-state index contributed by atoms with van der Waals surface area (Å²) in [5, 5.41) is 7.77. The maximum atomic E-state index is 11.3. The van der Waals surface area contributed by atoms with Crippen molar-refractivity contribution >= 4 is 55.3 Å². The average molecular weight is 554 g/mol. The Kier molecular flexibility index (Phi) is 14.5. The van der Waals surface area contributed by atoms with Crippen LogP contribution in [0.4, 0.5) is 22.7 Å². The monoisotopic (exact) mass is 554 g/mol. The second-order valence-corrected chi connectivity index (χ2v) is 8.82. The first-order valence-electron chi connectivity index (χ1n) is 8.22. The summed E-state index contributed by atoms with van der Waals surface area (Å²) in [5.74, 6) is 0.372. The van der Waals surface area contributed by atoms with E-state index in [9.17, 15) is 25.9 Å². The number of rotatable bonds is 11. The van der Waals surface area contributed by atoms with E-state index in [0.717, 1.165) is 12.1 Å². The average Bonchev–Trinajstić information content (AvgIpc) is 2.68. The molecule has 2 rings (SSSR count). The van der Waals surface area contributed by atoms with Crippen molar-refractivity contribution in [3.63, 3.8) is 0 Å². The zero-order chi connectivity index (χ0) is 23.9. The van der Waals surface area contributed by atoms with E-state index in [-0.39, 0.29) is 99.1 Å². The quantitative estimate of drug-likeness (QED) is 0.0308. The summed E-state index contributed by atoms with van der Waals surface area (Å²) in [7, 11) is -8.28. The maximum Gasteiger partial charge on any atom is 1.00 e. The van der Waals surface area contributed by atoms with Gasteiger partial charge in [-0.25, -0.2) is 16.8 Å². The van der Waals surface area contributed by atoms with Crippen molar-refractivity contribution in [2.24, 2.45) is 10.2 Å². The van der Waals surface area contributed by atoms with Gasteiger partial charge >= 0.3 is 59.1 Å². The van der Waals surface area contributed by atoms with Crippen LogP contribution >= 0.6 is 12.0 Å². The molecule has 0 spiro atoms. The number of nitrogens with zero attached hydrogens (tertiary/aromatic N) is 2. The third-order valence-electron chi connectivity index (χ3n) is 3.42. The van der Waals surface area contributed by atoms with Gasteiger partial charge in [-0.2, -0.15) is 0 Å². The number of methoxy groups -OCH3 is 1. The van der Waals surface area contributed by atoms with Gasteiger partial charge in [-0.3, -0.25) is 4.18 Å². The Morgan fingerprint density at radius 1 is 0.971 bits per heavy atom. The van der Waals surface area contributed by atoms with Crippen molar-refractivity contribution in [2.45, 2.75) is 4.90 Å². The first kappa shape index (κ1) is 33.3. The molecule has 0 radical (unpaired) electrons. The molecule has 14 nitrogen and oxygen atoms in total. The van der Waals surface area contributed by atoms with Crippen molar-refractivity contribution in [1.29, 1.82) is 0 Å². The van der Waals surface area contributed by atoms with Crippen LogP contribution in [-0.2, 0) is 29.0 Å². The molecule has 4 N–H and O–H groups in total. The van der Waals surface area contributed by atoms with Crippen molar-refractivity contribution in [2.75, 3.05) is 30.9 Å². The number of ether oxygens (including phenoxy) is 1. The molecule has 176 valence electrons. The van der Waals surface area contributed by atoms with Crippen molar-refractivity contribution < 1.29 is 103 Å². The van der Waals surface area contributed by atoms with E-state index in [1.165, 1.54) is 25.3 Å². The SMILES string of the molecule is COc1ccc(OOSCCOS(=O)(=O)[O-])cc1N=Nc1cc(S(=O)(=O)[O-])c(N)cc1N.[Na+].[Na+]. The van der Waals surface area contributed by atoms with Crippen LogP contribution in [0.5, 0.6) is 11.5 Å². The standard InChI is InChI=1S/C15H18N4O10S3.2Na/c1-26-14-3-2-9(28-29-30-5-4-27-32(23,24)25)6-13(14)19-18-12-8-15(31(20,21)22)11(17)7-10(12)16;;/h2-3,6-8H,4-5,16-17H2,1H3,(H,20,21,22)(H,23,24,25);;/q;2*+1/p-2. The van der Waals surface area contributed by atoms with E-state index in [1.807, 2.05) is 0 Å². The van der Waals surface area contributed by atoms with E-state index in [1.54, 1.807) is 0 Å². The Labute approximate surface area is 244 Å². The third kappa shape index (κ3) is 10.9. The molecule has 19 heteroatoms. The summed E-state index contributed by atoms with van der Waals surface area (Å²) in [5.41, 5.74) is 10.9. The van der Waals surface area contributed by atoms with Gasteiger partial charge in [0, 0.05) is 23.9 Å². The smallest absolute Gasteiger partial charge is 0.744 e. The molecule has 0 unspecified atom stereocenters. The third-order valence-corrected chi connectivity index (χ3v) is 5.26. The van der Waals surface area contributed by atoms with Crippen LogP contribution in [0.2, 0.25) is 0 Å². The molecule has 0 atom stereocenters. The van der Waals surface area contributed by atoms with Crippen LogP contribution in [0.1, 0.15) is 0 Å². The summed E-state index contributed by atoms with van der Waals surface area (Å²) in [6.45, 7) is -0.411. The summed E-state index contributed by atoms with van der Waals surface area (Å²) in [6.07, 6.45) is 0. The van der Waals surface area contributed by atoms with Gasteiger partial charge in [-0.05, 0) is 24.3 Å². The molecule has 0 aliphatic heterocycles. The Balaban J connectivity index is 0.00000544. The number of nitrogens with two attached hydrogens (primary N) is 2. The first-order valence-corrected chi connectivity index (χ1v) is 11.9. The second-order valence-electron chi connectivity index (χ2n) is 5.64. The predicted molar refractivity (Wildman–Crippen MR) is 110 cm³/mol. The van der Waals surface area contributed by atoms with Gasteiger partial charge < -0.3 is 30.2 Å². The minimum absolute atomic E-state index is 0. The summed E-state index contributed by atoms with van der Waals surface area (Å²) in [6, 6.07) is 6.23. The van der Waals surface area contributed by atoms with E-state index >= 15 is 0 Å². The Morgan fingerprint density at radius 2 is 1.62 bits per heavy atom. The van der Waals surface area contributed by atoms with E-state index in [0.29, 0.717) is 12.0 Å². The fourth-order valence-corrected chi connectivity index (χ4v) is 3.42. The fraction of sp³-hybridized carbons (Fsp3) is 0.200.